The summed E-state index contributed by atoms with van der Waals surface area (Å²) in [5.41, 5.74) is 1.40. The first-order valence-corrected chi connectivity index (χ1v) is 4.35. The Bertz CT molecular complexity index is 160. The molecule has 0 aromatic heterocycles. The maximum atomic E-state index is 3.72. The molecule has 0 nitrogen and oxygen atoms in total. The molecule has 0 N–H and O–H groups in total. The highest BCUT2D eigenvalue weighted by Gasteiger charge is 1.90. The largest absolute Gasteiger partial charge is 0.103 e. The van der Waals surface area contributed by atoms with Crippen molar-refractivity contribution in [2.24, 2.45) is 0 Å². The highest BCUT2D eigenvalue weighted by molar-refractivity contribution is 5.10. The molecule has 12 heavy (non-hydrogen) atoms. The van der Waals surface area contributed by atoms with Crippen LogP contribution in [-0.4, -0.2) is 0 Å². The molecule has 0 amide bonds. The fourth-order valence-electron chi connectivity index (χ4n) is 1.03. The Morgan fingerprint density at radius 1 is 0.833 bits per heavy atom. The molecule has 0 aromatic rings. The van der Waals surface area contributed by atoms with E-state index >= 15 is 0 Å². The van der Waals surface area contributed by atoms with Crippen molar-refractivity contribution in [1.29, 1.82) is 0 Å². The molecule has 0 bridgehead atoms. The molecule has 0 heterocycles. The van der Waals surface area contributed by atoms with E-state index < -0.39 is 0 Å². The Morgan fingerprint density at radius 3 is 1.83 bits per heavy atom. The third-order valence-electron chi connectivity index (χ3n) is 1.62. The van der Waals surface area contributed by atoms with Gasteiger partial charge in [0, 0.05) is 0 Å². The van der Waals surface area contributed by atoms with E-state index in [4.69, 9.17) is 0 Å². The van der Waals surface area contributed by atoms with Crippen LogP contribution in [0.4, 0.5) is 0 Å². The van der Waals surface area contributed by atoms with Gasteiger partial charge in [0.25, 0.3) is 0 Å². The van der Waals surface area contributed by atoms with Crippen LogP contribution in [0.5, 0.6) is 0 Å². The van der Waals surface area contributed by atoms with E-state index in [0.29, 0.717) is 0 Å². The van der Waals surface area contributed by atoms with E-state index in [9.17, 15) is 0 Å². The second kappa shape index (κ2) is 8.06. The van der Waals surface area contributed by atoms with Crippen molar-refractivity contribution in [3.05, 3.63) is 49.6 Å². The lowest BCUT2D eigenvalue weighted by molar-refractivity contribution is 0.999. The lowest BCUT2D eigenvalue weighted by atomic mass is 10.1. The van der Waals surface area contributed by atoms with Gasteiger partial charge in [0.1, 0.15) is 0 Å². The molecule has 0 aliphatic heterocycles. The highest BCUT2D eigenvalue weighted by atomic mass is 14.0. The highest BCUT2D eigenvalue weighted by Crippen LogP contribution is 2.10. The van der Waals surface area contributed by atoms with Gasteiger partial charge in [-0.15, -0.1) is 19.7 Å². The van der Waals surface area contributed by atoms with Crippen molar-refractivity contribution in [3.8, 4) is 0 Å². The van der Waals surface area contributed by atoms with Crippen LogP contribution in [0.15, 0.2) is 49.6 Å². The summed E-state index contributed by atoms with van der Waals surface area (Å²) in [6.07, 6.45) is 12.2. The monoisotopic (exact) mass is 162 g/mol. The third-order valence-corrected chi connectivity index (χ3v) is 1.62. The standard InChI is InChI=1S/C12H18/c1-4-7-8-11-12(9-5-2)10-6-3/h4-6,11H,1-3,7-10H2. The summed E-state index contributed by atoms with van der Waals surface area (Å²) in [5, 5.41) is 0. The van der Waals surface area contributed by atoms with E-state index in [-0.39, 0.29) is 0 Å². The minimum absolute atomic E-state index is 0.975. The van der Waals surface area contributed by atoms with Gasteiger partial charge in [0.05, 0.1) is 0 Å². The third kappa shape index (κ3) is 5.72. The van der Waals surface area contributed by atoms with E-state index in [0.717, 1.165) is 25.7 Å². The number of rotatable bonds is 7. The fourth-order valence-corrected chi connectivity index (χ4v) is 1.03. The van der Waals surface area contributed by atoms with E-state index in [1.54, 1.807) is 0 Å². The summed E-state index contributed by atoms with van der Waals surface area (Å²) in [5.74, 6) is 0. The summed E-state index contributed by atoms with van der Waals surface area (Å²) in [6, 6.07) is 0. The quantitative estimate of drug-likeness (QED) is 0.391. The molecule has 0 atom stereocenters. The molecule has 66 valence electrons. The van der Waals surface area contributed by atoms with Gasteiger partial charge in [-0.1, -0.05) is 29.9 Å². The SMILES string of the molecule is C=CCCC=C(CC=C)CC=C. The summed E-state index contributed by atoms with van der Waals surface area (Å²) in [4.78, 5) is 0. The molecule has 0 unspecified atom stereocenters. The van der Waals surface area contributed by atoms with Crippen LogP contribution in [-0.2, 0) is 0 Å². The summed E-state index contributed by atoms with van der Waals surface area (Å²) < 4.78 is 0. The lowest BCUT2D eigenvalue weighted by Crippen LogP contribution is -1.79. The molecule has 0 fully saturated rings. The smallest absolute Gasteiger partial charge is 0.0138 e. The predicted molar refractivity (Wildman–Crippen MR) is 57.1 cm³/mol. The van der Waals surface area contributed by atoms with Crippen molar-refractivity contribution in [3.63, 3.8) is 0 Å². The number of unbranched alkanes of at least 4 members (excludes halogenated alkanes) is 1. The molecule has 0 saturated heterocycles. The maximum Gasteiger partial charge on any atom is -0.0138 e. The number of hydrogen-bond donors (Lipinski definition) is 0. The van der Waals surface area contributed by atoms with Crippen LogP contribution in [0.2, 0.25) is 0 Å². The zero-order valence-electron chi connectivity index (χ0n) is 7.76. The second-order valence-electron chi connectivity index (χ2n) is 2.71. The van der Waals surface area contributed by atoms with E-state index in [1.807, 2.05) is 18.2 Å². The van der Waals surface area contributed by atoms with E-state index in [2.05, 4.69) is 25.8 Å². The number of hydrogen-bond acceptors (Lipinski definition) is 0. The van der Waals surface area contributed by atoms with Crippen molar-refractivity contribution >= 4 is 0 Å². The molecule has 0 aromatic carbocycles. The predicted octanol–water partition coefficient (Wildman–Crippen LogP) is 4.03. The Hall–Kier alpha value is -1.04. The van der Waals surface area contributed by atoms with Crippen molar-refractivity contribution in [1.82, 2.24) is 0 Å². The van der Waals surface area contributed by atoms with Gasteiger partial charge < -0.3 is 0 Å². The molecule has 0 spiro atoms. The second-order valence-corrected chi connectivity index (χ2v) is 2.71. The van der Waals surface area contributed by atoms with Crippen LogP contribution >= 0.6 is 0 Å². The van der Waals surface area contributed by atoms with E-state index in [1.165, 1.54) is 5.57 Å². The molecular weight excluding hydrogens is 144 g/mol. The first-order chi connectivity index (χ1) is 5.85. The zero-order valence-corrected chi connectivity index (χ0v) is 7.76. The summed E-state index contributed by atoms with van der Waals surface area (Å²) >= 11 is 0. The minimum atomic E-state index is 0.975. The normalized spacial score (nSPS) is 8.67. The van der Waals surface area contributed by atoms with Crippen LogP contribution in [0.1, 0.15) is 25.7 Å². The van der Waals surface area contributed by atoms with Gasteiger partial charge in [-0.05, 0) is 25.7 Å². The average Bonchev–Trinajstić information content (AvgIpc) is 2.06. The van der Waals surface area contributed by atoms with Gasteiger partial charge in [-0.25, -0.2) is 0 Å². The fraction of sp³-hybridized carbons (Fsp3) is 0.333. The molecule has 0 heteroatoms. The topological polar surface area (TPSA) is 0 Å². The van der Waals surface area contributed by atoms with Crippen LogP contribution < -0.4 is 0 Å². The molecule has 0 aliphatic rings. The van der Waals surface area contributed by atoms with Gasteiger partial charge >= 0.3 is 0 Å². The first-order valence-electron chi connectivity index (χ1n) is 4.35. The Kier molecular flexibility index (Phi) is 7.36. The van der Waals surface area contributed by atoms with Crippen LogP contribution in [0.3, 0.4) is 0 Å². The minimum Gasteiger partial charge on any atom is -0.103 e. The molecular formula is C12H18. The molecule has 0 rings (SSSR count). The van der Waals surface area contributed by atoms with Gasteiger partial charge in [-0.3, -0.25) is 0 Å². The molecule has 0 aliphatic carbocycles. The van der Waals surface area contributed by atoms with Crippen LogP contribution in [0.25, 0.3) is 0 Å². The van der Waals surface area contributed by atoms with Crippen LogP contribution in [0, 0.1) is 0 Å². The van der Waals surface area contributed by atoms with Gasteiger partial charge in [0.15, 0.2) is 0 Å². The Balaban J connectivity index is 3.87. The van der Waals surface area contributed by atoms with Crippen molar-refractivity contribution in [2.45, 2.75) is 25.7 Å². The Morgan fingerprint density at radius 2 is 1.42 bits per heavy atom. The molecule has 0 radical (unpaired) electrons. The number of allylic oxidation sites excluding steroid dienone is 5. The first kappa shape index (κ1) is 11.0. The average molecular weight is 162 g/mol. The van der Waals surface area contributed by atoms with Gasteiger partial charge in [-0.2, -0.15) is 0 Å². The molecule has 0 saturated carbocycles. The van der Waals surface area contributed by atoms with Crippen molar-refractivity contribution < 1.29 is 0 Å². The lowest BCUT2D eigenvalue weighted by Gasteiger charge is -1.99. The summed E-state index contributed by atoms with van der Waals surface area (Å²) in [7, 11) is 0. The maximum absolute atomic E-state index is 3.72. The zero-order chi connectivity index (χ0) is 9.23. The summed E-state index contributed by atoms with van der Waals surface area (Å²) in [6.45, 7) is 11.1. The van der Waals surface area contributed by atoms with Gasteiger partial charge in [0.2, 0.25) is 0 Å². The van der Waals surface area contributed by atoms with Crippen molar-refractivity contribution in [2.75, 3.05) is 0 Å². The Labute approximate surface area is 76.0 Å².